The molecule has 2 N–H and O–H groups in total. The minimum atomic E-state index is -4.61. The Hall–Kier alpha value is -2.71. The number of hydrogen-bond donors (Lipinski definition) is 2. The number of pyridine rings is 1. The Morgan fingerprint density at radius 2 is 1.43 bits per heavy atom. The fraction of sp³-hybridized carbons (Fsp3) is 0.552. The smallest absolute Gasteiger partial charge is 0.371 e. The van der Waals surface area contributed by atoms with Gasteiger partial charge in [0.1, 0.15) is 17.2 Å². The Kier molecular flexibility index (Phi) is 7.32. The Balaban J connectivity index is 1.26. The van der Waals surface area contributed by atoms with E-state index in [1.807, 2.05) is 12.1 Å². The average Bonchev–Trinajstić information content (AvgIpc) is 3.87. The molecule has 1 aromatic carbocycles. The molecule has 2 aromatic rings. The van der Waals surface area contributed by atoms with Crippen LogP contribution in [0.15, 0.2) is 30.3 Å². The molecule has 2 saturated carbocycles. The molecule has 0 unspecified atom stereocenters. The van der Waals surface area contributed by atoms with E-state index in [0.29, 0.717) is 11.0 Å². The summed E-state index contributed by atoms with van der Waals surface area (Å²) >= 11 is 2.21. The number of rotatable bonds is 6. The molecule has 0 bridgehead atoms. The highest BCUT2D eigenvalue weighted by atomic mass is 127. The average molecular weight is 703 g/mol. The first-order valence-corrected chi connectivity index (χ1v) is 15.3. The van der Waals surface area contributed by atoms with Gasteiger partial charge in [-0.1, -0.05) is 0 Å². The molecule has 6 rings (SSSR count). The maximum absolute atomic E-state index is 13.9. The highest BCUT2D eigenvalue weighted by Gasteiger charge is 2.64. The summed E-state index contributed by atoms with van der Waals surface area (Å²) in [4.78, 5) is 34.7. The van der Waals surface area contributed by atoms with E-state index >= 15 is 0 Å². The molecule has 4 aliphatic rings. The molecular formula is C29H31F5IN5O2. The molecule has 2 aliphatic heterocycles. The predicted molar refractivity (Wildman–Crippen MR) is 156 cm³/mol. The highest BCUT2D eigenvalue weighted by molar-refractivity contribution is 14.1. The van der Waals surface area contributed by atoms with Gasteiger partial charge in [0, 0.05) is 42.6 Å². The topological polar surface area (TPSA) is 77.6 Å². The molecule has 2 saturated heterocycles. The van der Waals surface area contributed by atoms with Gasteiger partial charge >= 0.3 is 6.18 Å². The number of halogens is 6. The van der Waals surface area contributed by atoms with Crippen molar-refractivity contribution in [2.24, 2.45) is 5.41 Å². The van der Waals surface area contributed by atoms with Gasteiger partial charge in [0.05, 0.1) is 16.8 Å². The zero-order valence-electron chi connectivity index (χ0n) is 22.8. The molecule has 4 fully saturated rings. The summed E-state index contributed by atoms with van der Waals surface area (Å²) < 4.78 is 69.4. The van der Waals surface area contributed by atoms with Crippen LogP contribution in [-0.2, 0) is 0 Å². The molecule has 3 heterocycles. The summed E-state index contributed by atoms with van der Waals surface area (Å²) in [5.41, 5.74) is -0.728. The molecule has 1 aromatic heterocycles. The Morgan fingerprint density at radius 3 is 2.02 bits per heavy atom. The number of alkyl halides is 5. The molecule has 7 nitrogen and oxygen atoms in total. The van der Waals surface area contributed by atoms with Crippen LogP contribution in [-0.4, -0.2) is 60.6 Å². The summed E-state index contributed by atoms with van der Waals surface area (Å²) in [7, 11) is 0. The lowest BCUT2D eigenvalue weighted by Gasteiger charge is -2.35. The van der Waals surface area contributed by atoms with Gasteiger partial charge in [-0.15, -0.1) is 0 Å². The minimum absolute atomic E-state index is 0.0348. The molecular weight excluding hydrogens is 672 g/mol. The first-order chi connectivity index (χ1) is 19.8. The fourth-order valence-electron chi connectivity index (χ4n) is 5.91. The highest BCUT2D eigenvalue weighted by Crippen LogP contribution is 2.54. The van der Waals surface area contributed by atoms with E-state index in [0.717, 1.165) is 35.2 Å². The van der Waals surface area contributed by atoms with Gasteiger partial charge < -0.3 is 20.4 Å². The van der Waals surface area contributed by atoms with Crippen LogP contribution in [0, 0.1) is 8.99 Å². The van der Waals surface area contributed by atoms with Gasteiger partial charge in [-0.2, -0.15) is 13.2 Å². The summed E-state index contributed by atoms with van der Waals surface area (Å²) in [6.07, 6.45) is -1.36. The maximum Gasteiger partial charge on any atom is 0.411 e. The number of carbonyl (C=O) groups excluding carboxylic acids is 2. The lowest BCUT2D eigenvalue weighted by atomic mass is 9.93. The van der Waals surface area contributed by atoms with Crippen molar-refractivity contribution < 1.29 is 31.5 Å². The molecule has 2 aliphatic carbocycles. The van der Waals surface area contributed by atoms with E-state index < -0.39 is 42.3 Å². The molecule has 226 valence electrons. The van der Waals surface area contributed by atoms with Crippen molar-refractivity contribution in [3.05, 3.63) is 45.0 Å². The van der Waals surface area contributed by atoms with Crippen molar-refractivity contribution >= 4 is 51.7 Å². The zero-order valence-corrected chi connectivity index (χ0v) is 25.0. The lowest BCUT2D eigenvalue weighted by molar-refractivity contribution is -0.163. The first kappa shape index (κ1) is 29.4. The third kappa shape index (κ3) is 5.89. The van der Waals surface area contributed by atoms with Crippen LogP contribution in [0.1, 0.15) is 72.1 Å². The number of nitrogens with zero attached hydrogens (tertiary/aromatic N) is 3. The number of anilines is 3. The van der Waals surface area contributed by atoms with Gasteiger partial charge in [-0.25, -0.2) is 13.8 Å². The van der Waals surface area contributed by atoms with Crippen molar-refractivity contribution in [3.8, 4) is 0 Å². The quantitative estimate of drug-likeness (QED) is 0.270. The van der Waals surface area contributed by atoms with E-state index in [1.54, 1.807) is 6.07 Å². The summed E-state index contributed by atoms with van der Waals surface area (Å²) in [6.45, 7) is 1.43. The second-order valence-electron chi connectivity index (χ2n) is 12.0. The van der Waals surface area contributed by atoms with Gasteiger partial charge in [0.15, 0.2) is 0 Å². The molecule has 0 radical (unpaired) electrons. The number of nitrogens with one attached hydrogen (secondary N) is 2. The van der Waals surface area contributed by atoms with Crippen molar-refractivity contribution in [1.29, 1.82) is 0 Å². The maximum atomic E-state index is 13.9. The number of amides is 2. The largest absolute Gasteiger partial charge is 0.411 e. The van der Waals surface area contributed by atoms with Crippen molar-refractivity contribution in [1.82, 2.24) is 10.3 Å². The Bertz CT molecular complexity index is 1390. The van der Waals surface area contributed by atoms with E-state index in [9.17, 15) is 31.5 Å². The van der Waals surface area contributed by atoms with Gasteiger partial charge in [-0.3, -0.25) is 9.59 Å². The fourth-order valence-corrected chi connectivity index (χ4v) is 6.39. The number of benzene rings is 1. The molecule has 2 amide bonds. The van der Waals surface area contributed by atoms with E-state index in [-0.39, 0.29) is 43.1 Å². The van der Waals surface area contributed by atoms with Gasteiger partial charge in [0.25, 0.3) is 17.7 Å². The van der Waals surface area contributed by atoms with Crippen LogP contribution in [0.2, 0.25) is 0 Å². The van der Waals surface area contributed by atoms with Crippen LogP contribution in [0.5, 0.6) is 0 Å². The van der Waals surface area contributed by atoms with E-state index in [2.05, 4.69) is 43.1 Å². The SMILES string of the molecule is O=C(Nc1ccc(C(=O)NC2(C(F)(F)F)CC2)c(N2CCC(F)(F)CC2)n1)c1ccc(I)cc1N1CCC2(CC1)CC2. The predicted octanol–water partition coefficient (Wildman–Crippen LogP) is 6.38. The van der Waals surface area contributed by atoms with Gasteiger partial charge in [-0.05, 0) is 96.9 Å². The number of carbonyl (C=O) groups is 2. The third-order valence-electron chi connectivity index (χ3n) is 9.13. The summed E-state index contributed by atoms with van der Waals surface area (Å²) in [5.74, 6) is -4.26. The monoisotopic (exact) mass is 703 g/mol. The Morgan fingerprint density at radius 1 is 0.810 bits per heavy atom. The van der Waals surface area contributed by atoms with Crippen LogP contribution in [0.25, 0.3) is 0 Å². The van der Waals surface area contributed by atoms with Crippen molar-refractivity contribution in [2.75, 3.05) is 41.3 Å². The first-order valence-electron chi connectivity index (χ1n) is 14.2. The van der Waals surface area contributed by atoms with Crippen molar-refractivity contribution in [2.45, 2.75) is 69.0 Å². The van der Waals surface area contributed by atoms with Crippen LogP contribution < -0.4 is 20.4 Å². The number of hydrogen-bond acceptors (Lipinski definition) is 5. The van der Waals surface area contributed by atoms with Crippen molar-refractivity contribution in [3.63, 3.8) is 0 Å². The zero-order chi connectivity index (χ0) is 29.9. The second kappa shape index (κ2) is 10.5. The summed E-state index contributed by atoms with van der Waals surface area (Å²) in [5, 5.41) is 4.86. The Labute approximate surface area is 253 Å². The van der Waals surface area contributed by atoms with Gasteiger partial charge in [0.2, 0.25) is 0 Å². The standard InChI is InChI=1S/C29H31F5IN5O2/c30-28(31)11-15-40(16-12-28)23-20(25(42)38-27(7-8-27)29(32,33)34)3-4-22(36-23)37-24(41)19-2-1-18(35)17-21(19)39-13-9-26(5-6-26)10-14-39/h1-4,17H,5-16H2,(H,38,42)(H,36,37,41). The van der Waals surface area contributed by atoms with Crippen LogP contribution in [0.3, 0.4) is 0 Å². The molecule has 42 heavy (non-hydrogen) atoms. The minimum Gasteiger partial charge on any atom is -0.371 e. The number of aromatic nitrogens is 1. The molecule has 1 spiro atoms. The summed E-state index contributed by atoms with van der Waals surface area (Å²) in [6, 6.07) is 8.19. The van der Waals surface area contributed by atoms with E-state index in [1.165, 1.54) is 29.9 Å². The molecule has 13 heteroatoms. The third-order valence-corrected chi connectivity index (χ3v) is 9.80. The second-order valence-corrected chi connectivity index (χ2v) is 13.3. The normalized spacial score (nSPS) is 22.0. The molecule has 0 atom stereocenters. The van der Waals surface area contributed by atoms with Crippen LogP contribution in [0.4, 0.5) is 39.3 Å². The lowest BCUT2D eigenvalue weighted by Crippen LogP contribution is -2.48. The number of piperidine rings is 2. The van der Waals surface area contributed by atoms with Crippen LogP contribution >= 0.6 is 22.6 Å². The van der Waals surface area contributed by atoms with E-state index in [4.69, 9.17) is 0 Å².